The van der Waals surface area contributed by atoms with Crippen LogP contribution in [-0.4, -0.2) is 15.1 Å². The second kappa shape index (κ2) is 4.41. The molecule has 1 aromatic heterocycles. The van der Waals surface area contributed by atoms with E-state index >= 15 is 0 Å². The minimum Gasteiger partial charge on any atom is -0.380 e. The van der Waals surface area contributed by atoms with E-state index in [1.807, 2.05) is 50.2 Å². The van der Waals surface area contributed by atoms with Crippen molar-refractivity contribution < 1.29 is 5.11 Å². The number of aliphatic hydroxyl groups is 1. The molecule has 0 spiro atoms. The van der Waals surface area contributed by atoms with E-state index in [1.54, 1.807) is 0 Å². The highest BCUT2D eigenvalue weighted by Gasteiger charge is 2.13. The lowest BCUT2D eigenvalue weighted by molar-refractivity contribution is 0.209. The van der Waals surface area contributed by atoms with Crippen LogP contribution in [-0.2, 0) is 0 Å². The molecule has 0 saturated carbocycles. The summed E-state index contributed by atoms with van der Waals surface area (Å²) in [6, 6.07) is 11.3. The smallest absolute Gasteiger partial charge is 0.161 e. The molecule has 1 heterocycles. The first-order chi connectivity index (χ1) is 7.66. The van der Waals surface area contributed by atoms with Gasteiger partial charge in [-0.2, -0.15) is 0 Å². The van der Waals surface area contributed by atoms with Crippen molar-refractivity contribution in [1.82, 2.24) is 9.97 Å². The number of aliphatic hydroxyl groups excluding tert-OH is 1. The highest BCUT2D eigenvalue weighted by molar-refractivity contribution is 5.23. The molecule has 3 heteroatoms. The lowest BCUT2D eigenvalue weighted by Gasteiger charge is -2.10. The maximum absolute atomic E-state index is 10.1. The molecule has 0 amide bonds. The second-order valence-corrected chi connectivity index (χ2v) is 3.82. The number of aromatic nitrogens is 2. The van der Waals surface area contributed by atoms with Gasteiger partial charge in [-0.3, -0.25) is 0 Å². The van der Waals surface area contributed by atoms with Crippen LogP contribution < -0.4 is 0 Å². The summed E-state index contributed by atoms with van der Waals surface area (Å²) in [6.45, 7) is 3.80. The molecule has 0 saturated heterocycles. The highest BCUT2D eigenvalue weighted by Crippen LogP contribution is 2.18. The molecule has 2 rings (SSSR count). The monoisotopic (exact) mass is 214 g/mol. The zero-order valence-electron chi connectivity index (χ0n) is 9.38. The number of nitrogens with zero attached hydrogens (tertiary/aromatic N) is 2. The quantitative estimate of drug-likeness (QED) is 0.833. The molecule has 1 N–H and O–H groups in total. The first kappa shape index (κ1) is 10.8. The van der Waals surface area contributed by atoms with Gasteiger partial charge in [-0.1, -0.05) is 30.3 Å². The lowest BCUT2D eigenvalue weighted by atomic mass is 10.1. The van der Waals surface area contributed by atoms with Crippen molar-refractivity contribution in [2.45, 2.75) is 20.0 Å². The molecule has 0 bridgehead atoms. The number of hydrogen-bond donors (Lipinski definition) is 1. The Hall–Kier alpha value is -1.74. The summed E-state index contributed by atoms with van der Waals surface area (Å²) in [7, 11) is 0. The number of hydrogen-bond acceptors (Lipinski definition) is 3. The predicted octanol–water partition coefficient (Wildman–Crippen LogP) is 2.18. The summed E-state index contributed by atoms with van der Waals surface area (Å²) >= 11 is 0. The third-order valence-corrected chi connectivity index (χ3v) is 2.36. The largest absolute Gasteiger partial charge is 0.380 e. The van der Waals surface area contributed by atoms with Gasteiger partial charge < -0.3 is 5.11 Å². The van der Waals surface area contributed by atoms with Crippen molar-refractivity contribution in [3.05, 3.63) is 59.2 Å². The average Bonchev–Trinajstić information content (AvgIpc) is 2.28. The Balaban J connectivity index is 2.37. The van der Waals surface area contributed by atoms with Gasteiger partial charge in [0.05, 0.1) is 0 Å². The van der Waals surface area contributed by atoms with Gasteiger partial charge in [0.15, 0.2) is 5.82 Å². The fraction of sp³-hybridized carbons (Fsp3) is 0.231. The van der Waals surface area contributed by atoms with Gasteiger partial charge >= 0.3 is 0 Å². The SMILES string of the molecule is Cc1cc(C)nc([C@@H](O)c2ccccc2)n1. The van der Waals surface area contributed by atoms with Gasteiger partial charge in [0.25, 0.3) is 0 Å². The molecule has 0 aliphatic heterocycles. The topological polar surface area (TPSA) is 46.0 Å². The summed E-state index contributed by atoms with van der Waals surface area (Å²) in [4.78, 5) is 8.50. The first-order valence-corrected chi connectivity index (χ1v) is 5.22. The predicted molar refractivity (Wildman–Crippen MR) is 62.0 cm³/mol. The van der Waals surface area contributed by atoms with Crippen LogP contribution >= 0.6 is 0 Å². The molecule has 0 aliphatic rings. The van der Waals surface area contributed by atoms with Crippen LogP contribution in [0.1, 0.15) is 28.9 Å². The van der Waals surface area contributed by atoms with E-state index in [0.717, 1.165) is 17.0 Å². The van der Waals surface area contributed by atoms with Gasteiger partial charge in [-0.05, 0) is 25.5 Å². The molecular weight excluding hydrogens is 200 g/mol. The van der Waals surface area contributed by atoms with Crippen molar-refractivity contribution in [2.75, 3.05) is 0 Å². The van der Waals surface area contributed by atoms with E-state index in [1.165, 1.54) is 0 Å². The third kappa shape index (κ3) is 2.25. The minimum atomic E-state index is -0.750. The summed E-state index contributed by atoms with van der Waals surface area (Å²) in [5.74, 6) is 0.462. The Morgan fingerprint density at radius 3 is 2.12 bits per heavy atom. The standard InChI is InChI=1S/C13H14N2O/c1-9-8-10(2)15-13(14-9)12(16)11-6-4-3-5-7-11/h3-8,12,16H,1-2H3/t12-/m0/s1. The van der Waals surface area contributed by atoms with Crippen molar-refractivity contribution in [3.63, 3.8) is 0 Å². The Morgan fingerprint density at radius 2 is 1.56 bits per heavy atom. The van der Waals surface area contributed by atoms with Crippen LogP contribution in [0.4, 0.5) is 0 Å². The zero-order chi connectivity index (χ0) is 11.5. The summed E-state index contributed by atoms with van der Waals surface area (Å²) in [5, 5.41) is 10.1. The molecule has 82 valence electrons. The lowest BCUT2D eigenvalue weighted by Crippen LogP contribution is -2.07. The van der Waals surface area contributed by atoms with Gasteiger partial charge in [0.1, 0.15) is 6.10 Å². The number of aryl methyl sites for hydroxylation is 2. The molecule has 3 nitrogen and oxygen atoms in total. The fourth-order valence-electron chi connectivity index (χ4n) is 1.66. The average molecular weight is 214 g/mol. The third-order valence-electron chi connectivity index (χ3n) is 2.36. The summed E-state index contributed by atoms with van der Waals surface area (Å²) in [6.07, 6.45) is -0.750. The minimum absolute atomic E-state index is 0.462. The Kier molecular flexibility index (Phi) is 2.97. The molecule has 0 aliphatic carbocycles. The van der Waals surface area contributed by atoms with Gasteiger partial charge in [-0.25, -0.2) is 9.97 Å². The first-order valence-electron chi connectivity index (χ1n) is 5.22. The van der Waals surface area contributed by atoms with E-state index in [0.29, 0.717) is 5.82 Å². The summed E-state index contributed by atoms with van der Waals surface area (Å²) in [5.41, 5.74) is 2.56. The van der Waals surface area contributed by atoms with Crippen LogP contribution in [0.2, 0.25) is 0 Å². The van der Waals surface area contributed by atoms with Crippen LogP contribution in [0.25, 0.3) is 0 Å². The Labute approximate surface area is 94.8 Å². The van der Waals surface area contributed by atoms with E-state index in [9.17, 15) is 5.11 Å². The zero-order valence-corrected chi connectivity index (χ0v) is 9.38. The van der Waals surface area contributed by atoms with Crippen LogP contribution in [0.3, 0.4) is 0 Å². The molecule has 0 unspecified atom stereocenters. The second-order valence-electron chi connectivity index (χ2n) is 3.82. The maximum Gasteiger partial charge on any atom is 0.161 e. The van der Waals surface area contributed by atoms with Crippen LogP contribution in [0.15, 0.2) is 36.4 Å². The van der Waals surface area contributed by atoms with E-state index in [2.05, 4.69) is 9.97 Å². The van der Waals surface area contributed by atoms with E-state index < -0.39 is 6.10 Å². The highest BCUT2D eigenvalue weighted by atomic mass is 16.3. The molecule has 2 aromatic rings. The van der Waals surface area contributed by atoms with Gasteiger partial charge in [0.2, 0.25) is 0 Å². The summed E-state index contributed by atoms with van der Waals surface area (Å²) < 4.78 is 0. The Morgan fingerprint density at radius 1 is 1.00 bits per heavy atom. The van der Waals surface area contributed by atoms with Gasteiger partial charge in [0, 0.05) is 11.4 Å². The van der Waals surface area contributed by atoms with Crippen molar-refractivity contribution in [2.24, 2.45) is 0 Å². The van der Waals surface area contributed by atoms with Crippen LogP contribution in [0.5, 0.6) is 0 Å². The van der Waals surface area contributed by atoms with E-state index in [-0.39, 0.29) is 0 Å². The fourth-order valence-corrected chi connectivity index (χ4v) is 1.66. The number of benzene rings is 1. The molecule has 16 heavy (non-hydrogen) atoms. The molecule has 0 fully saturated rings. The van der Waals surface area contributed by atoms with E-state index in [4.69, 9.17) is 0 Å². The maximum atomic E-state index is 10.1. The normalized spacial score (nSPS) is 12.4. The molecular formula is C13H14N2O. The molecule has 1 aromatic carbocycles. The Bertz CT molecular complexity index is 462. The molecule has 1 atom stereocenters. The van der Waals surface area contributed by atoms with Crippen LogP contribution in [0, 0.1) is 13.8 Å². The number of rotatable bonds is 2. The van der Waals surface area contributed by atoms with Crippen molar-refractivity contribution >= 4 is 0 Å². The van der Waals surface area contributed by atoms with Gasteiger partial charge in [-0.15, -0.1) is 0 Å². The van der Waals surface area contributed by atoms with Crippen molar-refractivity contribution in [1.29, 1.82) is 0 Å². The molecule has 0 radical (unpaired) electrons. The van der Waals surface area contributed by atoms with Crippen molar-refractivity contribution in [3.8, 4) is 0 Å².